The van der Waals surface area contributed by atoms with E-state index < -0.39 is 0 Å². The Morgan fingerprint density at radius 1 is 1.00 bits per heavy atom. The first-order chi connectivity index (χ1) is 11.1. The number of urea groups is 1. The highest BCUT2D eigenvalue weighted by atomic mass is 16.2. The molecule has 3 amide bonds. The third-order valence-electron chi connectivity index (χ3n) is 4.60. The van der Waals surface area contributed by atoms with Crippen molar-refractivity contribution in [3.8, 4) is 0 Å². The molecule has 0 atom stereocenters. The summed E-state index contributed by atoms with van der Waals surface area (Å²) in [5.41, 5.74) is 1.65. The van der Waals surface area contributed by atoms with Gasteiger partial charge in [-0.2, -0.15) is 0 Å². The highest BCUT2D eigenvalue weighted by Crippen LogP contribution is 2.32. The maximum Gasteiger partial charge on any atom is 0.319 e. The van der Waals surface area contributed by atoms with Crippen molar-refractivity contribution in [2.24, 2.45) is 0 Å². The maximum absolute atomic E-state index is 12.0. The van der Waals surface area contributed by atoms with E-state index in [1.807, 2.05) is 29.2 Å². The summed E-state index contributed by atoms with van der Waals surface area (Å²) in [4.78, 5) is 25.6. The lowest BCUT2D eigenvalue weighted by Gasteiger charge is -2.23. The van der Waals surface area contributed by atoms with Gasteiger partial charge in [0.05, 0.1) is 0 Å². The van der Waals surface area contributed by atoms with Crippen LogP contribution in [-0.2, 0) is 4.79 Å². The summed E-state index contributed by atoms with van der Waals surface area (Å²) >= 11 is 0. The third-order valence-corrected chi connectivity index (χ3v) is 4.60. The molecule has 2 fully saturated rings. The van der Waals surface area contributed by atoms with E-state index in [9.17, 15) is 9.59 Å². The smallest absolute Gasteiger partial charge is 0.319 e. The SMILES string of the molecule is CC(=O)N(c1ccc(NC(=O)NC2CCCCC2)cc1)C1CC1. The fourth-order valence-corrected chi connectivity index (χ4v) is 3.29. The molecule has 2 saturated carbocycles. The number of rotatable bonds is 4. The molecule has 0 aromatic heterocycles. The number of nitrogens with one attached hydrogen (secondary N) is 2. The zero-order valence-electron chi connectivity index (χ0n) is 13.7. The molecule has 5 nitrogen and oxygen atoms in total. The van der Waals surface area contributed by atoms with Crippen LogP contribution in [0.25, 0.3) is 0 Å². The van der Waals surface area contributed by atoms with Gasteiger partial charge in [0.2, 0.25) is 5.91 Å². The molecule has 1 aromatic carbocycles. The van der Waals surface area contributed by atoms with Crippen LogP contribution in [0.3, 0.4) is 0 Å². The van der Waals surface area contributed by atoms with E-state index in [1.165, 1.54) is 19.3 Å². The number of carbonyl (C=O) groups excluding carboxylic acids is 2. The molecule has 2 aliphatic carbocycles. The predicted octanol–water partition coefficient (Wildman–Crippen LogP) is 3.66. The summed E-state index contributed by atoms with van der Waals surface area (Å²) in [6.45, 7) is 1.60. The molecule has 0 saturated heterocycles. The van der Waals surface area contributed by atoms with Crippen LogP contribution in [0.5, 0.6) is 0 Å². The van der Waals surface area contributed by atoms with Gasteiger partial charge in [0.1, 0.15) is 0 Å². The normalized spacial score (nSPS) is 18.3. The second-order valence-electron chi connectivity index (χ2n) is 6.60. The monoisotopic (exact) mass is 315 g/mol. The molecular weight excluding hydrogens is 290 g/mol. The van der Waals surface area contributed by atoms with Crippen molar-refractivity contribution in [2.75, 3.05) is 10.2 Å². The van der Waals surface area contributed by atoms with E-state index in [0.29, 0.717) is 12.1 Å². The molecule has 0 unspecified atom stereocenters. The van der Waals surface area contributed by atoms with E-state index in [4.69, 9.17) is 0 Å². The summed E-state index contributed by atoms with van der Waals surface area (Å²) < 4.78 is 0. The second kappa shape index (κ2) is 7.02. The highest BCUT2D eigenvalue weighted by Gasteiger charge is 2.31. The molecule has 5 heteroatoms. The Morgan fingerprint density at radius 3 is 2.22 bits per heavy atom. The minimum absolute atomic E-state index is 0.0725. The number of anilines is 2. The summed E-state index contributed by atoms with van der Waals surface area (Å²) in [6.07, 6.45) is 7.95. The molecule has 2 aliphatic rings. The lowest BCUT2D eigenvalue weighted by molar-refractivity contribution is -0.116. The number of amides is 3. The van der Waals surface area contributed by atoms with Gasteiger partial charge in [-0.3, -0.25) is 4.79 Å². The minimum Gasteiger partial charge on any atom is -0.335 e. The van der Waals surface area contributed by atoms with Gasteiger partial charge in [0.15, 0.2) is 0 Å². The van der Waals surface area contributed by atoms with Gasteiger partial charge >= 0.3 is 6.03 Å². The van der Waals surface area contributed by atoms with Gasteiger partial charge in [-0.05, 0) is 49.9 Å². The number of benzene rings is 1. The van der Waals surface area contributed by atoms with Crippen LogP contribution in [-0.4, -0.2) is 24.0 Å². The van der Waals surface area contributed by atoms with Gasteiger partial charge in [-0.1, -0.05) is 19.3 Å². The number of hydrogen-bond donors (Lipinski definition) is 2. The first-order valence-electron chi connectivity index (χ1n) is 8.61. The summed E-state index contributed by atoms with van der Waals surface area (Å²) in [5, 5.41) is 5.91. The molecule has 0 spiro atoms. The standard InChI is InChI=1S/C18H25N3O2/c1-13(22)21(17-11-12-17)16-9-7-15(8-10-16)20-18(23)19-14-5-3-2-4-6-14/h7-10,14,17H,2-6,11-12H2,1H3,(H2,19,20,23). The summed E-state index contributed by atoms with van der Waals surface area (Å²) in [7, 11) is 0. The van der Waals surface area contributed by atoms with Gasteiger partial charge < -0.3 is 15.5 Å². The topological polar surface area (TPSA) is 61.4 Å². The molecular formula is C18H25N3O2. The first-order valence-corrected chi connectivity index (χ1v) is 8.61. The van der Waals surface area contributed by atoms with Crippen molar-refractivity contribution in [3.05, 3.63) is 24.3 Å². The van der Waals surface area contributed by atoms with Gasteiger partial charge in [-0.25, -0.2) is 4.79 Å². The first kappa shape index (κ1) is 15.8. The molecule has 1 aromatic rings. The lowest BCUT2D eigenvalue weighted by Crippen LogP contribution is -2.39. The van der Waals surface area contributed by atoms with Crippen LogP contribution >= 0.6 is 0 Å². The van der Waals surface area contributed by atoms with E-state index in [1.54, 1.807) is 6.92 Å². The lowest BCUT2D eigenvalue weighted by atomic mass is 9.96. The Bertz CT molecular complexity index is 560. The summed E-state index contributed by atoms with van der Waals surface area (Å²) in [5.74, 6) is 0.0725. The van der Waals surface area contributed by atoms with Crippen molar-refractivity contribution < 1.29 is 9.59 Å². The number of carbonyl (C=O) groups is 2. The largest absolute Gasteiger partial charge is 0.335 e. The van der Waals surface area contributed by atoms with Crippen molar-refractivity contribution in [3.63, 3.8) is 0 Å². The Labute approximate surface area is 137 Å². The average molecular weight is 315 g/mol. The van der Waals surface area contributed by atoms with Crippen LogP contribution in [0.15, 0.2) is 24.3 Å². The zero-order valence-corrected chi connectivity index (χ0v) is 13.7. The fourth-order valence-electron chi connectivity index (χ4n) is 3.29. The zero-order chi connectivity index (χ0) is 16.2. The minimum atomic E-state index is -0.143. The number of nitrogens with zero attached hydrogens (tertiary/aromatic N) is 1. The number of hydrogen-bond acceptors (Lipinski definition) is 2. The van der Waals surface area contributed by atoms with Gasteiger partial charge in [-0.15, -0.1) is 0 Å². The summed E-state index contributed by atoms with van der Waals surface area (Å²) in [6, 6.07) is 8.01. The van der Waals surface area contributed by atoms with Crippen LogP contribution in [0, 0.1) is 0 Å². The van der Waals surface area contributed by atoms with Gasteiger partial charge in [0.25, 0.3) is 0 Å². The van der Waals surface area contributed by atoms with Crippen LogP contribution in [0.2, 0.25) is 0 Å². The van der Waals surface area contributed by atoms with E-state index >= 15 is 0 Å². The Hall–Kier alpha value is -2.04. The van der Waals surface area contributed by atoms with Crippen molar-refractivity contribution in [2.45, 2.75) is 64.0 Å². The van der Waals surface area contributed by atoms with E-state index in [2.05, 4.69) is 10.6 Å². The highest BCUT2D eigenvalue weighted by molar-refractivity contribution is 5.93. The molecule has 2 N–H and O–H groups in total. The maximum atomic E-state index is 12.0. The third kappa shape index (κ3) is 4.24. The van der Waals surface area contributed by atoms with Crippen LogP contribution in [0.4, 0.5) is 16.2 Å². The fraction of sp³-hybridized carbons (Fsp3) is 0.556. The second-order valence-corrected chi connectivity index (χ2v) is 6.60. The molecule has 23 heavy (non-hydrogen) atoms. The van der Waals surface area contributed by atoms with Crippen molar-refractivity contribution in [1.82, 2.24) is 5.32 Å². The van der Waals surface area contributed by atoms with E-state index in [-0.39, 0.29) is 11.9 Å². The molecule has 3 rings (SSSR count). The Morgan fingerprint density at radius 2 is 1.65 bits per heavy atom. The predicted molar refractivity (Wildman–Crippen MR) is 91.7 cm³/mol. The Balaban J connectivity index is 1.56. The quantitative estimate of drug-likeness (QED) is 0.891. The average Bonchev–Trinajstić information content (AvgIpc) is 3.34. The molecule has 0 heterocycles. The van der Waals surface area contributed by atoms with Crippen LogP contribution < -0.4 is 15.5 Å². The molecule has 124 valence electrons. The van der Waals surface area contributed by atoms with E-state index in [0.717, 1.165) is 37.1 Å². The molecule has 0 bridgehead atoms. The van der Waals surface area contributed by atoms with Gasteiger partial charge in [0, 0.05) is 30.4 Å². The Kier molecular flexibility index (Phi) is 4.84. The van der Waals surface area contributed by atoms with Crippen molar-refractivity contribution in [1.29, 1.82) is 0 Å². The van der Waals surface area contributed by atoms with Crippen molar-refractivity contribution >= 4 is 23.3 Å². The molecule has 0 radical (unpaired) electrons. The molecule has 0 aliphatic heterocycles. The van der Waals surface area contributed by atoms with Crippen LogP contribution in [0.1, 0.15) is 51.9 Å².